The number of non-ortho nitro benzene ring substituents is 1. The summed E-state index contributed by atoms with van der Waals surface area (Å²) in [6, 6.07) is 17.6. The highest BCUT2D eigenvalue weighted by atomic mass is 35.5. The highest BCUT2D eigenvalue weighted by molar-refractivity contribution is 6.30. The minimum Gasteiger partial charge on any atom is -0.457 e. The van der Waals surface area contributed by atoms with Gasteiger partial charge < -0.3 is 14.8 Å². The second-order valence-corrected chi connectivity index (χ2v) is 8.41. The summed E-state index contributed by atoms with van der Waals surface area (Å²) in [5.41, 5.74) is 0.335. The van der Waals surface area contributed by atoms with Gasteiger partial charge in [0.2, 0.25) is 0 Å². The Morgan fingerprint density at radius 3 is 2.26 bits per heavy atom. The maximum Gasteiger partial charge on any atom is 0.276 e. The van der Waals surface area contributed by atoms with Gasteiger partial charge in [0.05, 0.1) is 17.1 Å². The lowest BCUT2D eigenvalue weighted by Gasteiger charge is -2.14. The van der Waals surface area contributed by atoms with Crippen LogP contribution in [-0.4, -0.2) is 16.9 Å². The fourth-order valence-corrected chi connectivity index (χ4v) is 3.52. The average molecular weight is 483 g/mol. The molecule has 3 aromatic rings. The molecule has 0 fully saturated rings. The van der Waals surface area contributed by atoms with E-state index in [0.29, 0.717) is 22.1 Å². The van der Waals surface area contributed by atoms with Gasteiger partial charge in [-0.25, -0.2) is 0 Å². The number of halogens is 1. The van der Waals surface area contributed by atoms with Crippen LogP contribution in [0.25, 0.3) is 0 Å². The highest BCUT2D eigenvalue weighted by Gasteiger charge is 2.14. The monoisotopic (exact) mass is 482 g/mol. The number of amides is 1. The number of nitrogens with one attached hydrogen (secondary N) is 1. The zero-order chi connectivity index (χ0) is 24.5. The normalized spacial score (nSPS) is 11.5. The Morgan fingerprint density at radius 1 is 0.971 bits per heavy atom. The Morgan fingerprint density at radius 2 is 1.65 bits per heavy atom. The number of benzene rings is 3. The van der Waals surface area contributed by atoms with Gasteiger partial charge in [-0.05, 0) is 55.8 Å². The van der Waals surface area contributed by atoms with Gasteiger partial charge in [-0.3, -0.25) is 14.9 Å². The summed E-state index contributed by atoms with van der Waals surface area (Å²) >= 11 is 5.98. The number of hydrogen-bond acceptors (Lipinski definition) is 5. The maximum atomic E-state index is 12.5. The van der Waals surface area contributed by atoms with E-state index >= 15 is 0 Å². The van der Waals surface area contributed by atoms with Crippen molar-refractivity contribution < 1.29 is 19.2 Å². The van der Waals surface area contributed by atoms with Crippen molar-refractivity contribution >= 4 is 23.2 Å². The first-order chi connectivity index (χ1) is 16.3. The summed E-state index contributed by atoms with van der Waals surface area (Å²) in [4.78, 5) is 23.3. The number of ether oxygens (including phenoxy) is 2. The van der Waals surface area contributed by atoms with Crippen LogP contribution in [0.1, 0.15) is 49.9 Å². The molecule has 0 bridgehead atoms. The van der Waals surface area contributed by atoms with Gasteiger partial charge in [0, 0.05) is 22.7 Å². The van der Waals surface area contributed by atoms with Crippen molar-refractivity contribution in [3.8, 4) is 23.0 Å². The fourth-order valence-electron chi connectivity index (χ4n) is 3.34. The van der Waals surface area contributed by atoms with Crippen LogP contribution in [0, 0.1) is 10.1 Å². The third-order valence-corrected chi connectivity index (χ3v) is 5.31. The molecule has 0 radical (unpaired) electrons. The Hall–Kier alpha value is -3.58. The van der Waals surface area contributed by atoms with Crippen molar-refractivity contribution in [3.63, 3.8) is 0 Å². The molecule has 0 saturated carbocycles. The first-order valence-electron chi connectivity index (χ1n) is 11.2. The Labute approximate surface area is 203 Å². The van der Waals surface area contributed by atoms with E-state index in [4.69, 9.17) is 21.1 Å². The summed E-state index contributed by atoms with van der Waals surface area (Å²) in [7, 11) is 0. The molecule has 34 heavy (non-hydrogen) atoms. The van der Waals surface area contributed by atoms with Crippen molar-refractivity contribution in [1.29, 1.82) is 0 Å². The van der Waals surface area contributed by atoms with E-state index in [1.54, 1.807) is 54.6 Å². The van der Waals surface area contributed by atoms with Crippen molar-refractivity contribution in [2.45, 2.75) is 45.6 Å². The summed E-state index contributed by atoms with van der Waals surface area (Å²) in [6.45, 7) is 4.14. The van der Waals surface area contributed by atoms with Crippen LogP contribution in [0.2, 0.25) is 5.02 Å². The molecule has 1 N–H and O–H groups in total. The van der Waals surface area contributed by atoms with Gasteiger partial charge in [0.1, 0.15) is 23.0 Å². The summed E-state index contributed by atoms with van der Waals surface area (Å²) in [6.07, 6.45) is 4.31. The standard InChI is InChI=1S/C26H27ClN2O5/c1-3-4-5-7-18(2)28-26(30)19-10-12-22(13-11-19)33-24-15-21(29(31)32)16-25(17-24)34-23-9-6-8-20(27)14-23/h6,8-18H,3-5,7H2,1-2H3,(H,28,30)/t18-/m0/s1. The molecule has 0 aromatic heterocycles. The Balaban J connectivity index is 1.70. The second-order valence-electron chi connectivity index (χ2n) is 7.98. The summed E-state index contributed by atoms with van der Waals surface area (Å²) < 4.78 is 11.5. The topological polar surface area (TPSA) is 90.7 Å². The largest absolute Gasteiger partial charge is 0.457 e. The summed E-state index contributed by atoms with van der Waals surface area (Å²) in [5.74, 6) is 1.19. The molecule has 0 unspecified atom stereocenters. The van der Waals surface area contributed by atoms with Crippen molar-refractivity contribution in [3.05, 3.63) is 87.4 Å². The lowest BCUT2D eigenvalue weighted by molar-refractivity contribution is -0.385. The molecule has 3 rings (SSSR count). The number of unbranched alkanes of at least 4 members (excludes halogenated alkanes) is 2. The molecule has 1 atom stereocenters. The molecule has 0 spiro atoms. The van der Waals surface area contributed by atoms with Crippen molar-refractivity contribution in [2.75, 3.05) is 0 Å². The number of rotatable bonds is 11. The molecular formula is C26H27ClN2O5. The highest BCUT2D eigenvalue weighted by Crippen LogP contribution is 2.34. The van der Waals surface area contributed by atoms with E-state index in [1.165, 1.54) is 12.1 Å². The van der Waals surface area contributed by atoms with Gasteiger partial charge in [0.15, 0.2) is 0 Å². The predicted molar refractivity (Wildman–Crippen MR) is 132 cm³/mol. The van der Waals surface area contributed by atoms with Crippen LogP contribution in [0.4, 0.5) is 5.69 Å². The quantitative estimate of drug-likeness (QED) is 0.173. The lowest BCUT2D eigenvalue weighted by atomic mass is 10.1. The molecule has 0 aliphatic rings. The van der Waals surface area contributed by atoms with E-state index < -0.39 is 4.92 Å². The first kappa shape index (κ1) is 25.1. The van der Waals surface area contributed by atoms with Crippen LogP contribution < -0.4 is 14.8 Å². The zero-order valence-electron chi connectivity index (χ0n) is 19.1. The molecule has 0 saturated heterocycles. The third kappa shape index (κ3) is 7.49. The van der Waals surface area contributed by atoms with Crippen molar-refractivity contribution in [2.24, 2.45) is 0 Å². The second kappa shape index (κ2) is 12.0. The third-order valence-electron chi connectivity index (χ3n) is 5.08. The molecule has 0 aliphatic carbocycles. The number of nitro groups is 1. The van der Waals surface area contributed by atoms with E-state index in [1.807, 2.05) is 6.92 Å². The molecule has 3 aromatic carbocycles. The van der Waals surface area contributed by atoms with Gasteiger partial charge >= 0.3 is 0 Å². The van der Waals surface area contributed by atoms with Crippen LogP contribution in [-0.2, 0) is 0 Å². The predicted octanol–water partition coefficient (Wildman–Crippen LogP) is 7.53. The molecule has 0 aliphatic heterocycles. The van der Waals surface area contributed by atoms with E-state index in [9.17, 15) is 14.9 Å². The fraction of sp³-hybridized carbons (Fsp3) is 0.269. The average Bonchev–Trinajstić information content (AvgIpc) is 2.79. The van der Waals surface area contributed by atoms with E-state index in [-0.39, 0.29) is 29.1 Å². The molecule has 7 nitrogen and oxygen atoms in total. The molecule has 1 amide bonds. The number of nitro benzene ring substituents is 1. The molecule has 8 heteroatoms. The van der Waals surface area contributed by atoms with E-state index in [0.717, 1.165) is 25.7 Å². The number of carbonyl (C=O) groups is 1. The molecular weight excluding hydrogens is 456 g/mol. The van der Waals surface area contributed by atoms with Crippen LogP contribution in [0.15, 0.2) is 66.7 Å². The number of hydrogen-bond donors (Lipinski definition) is 1. The van der Waals surface area contributed by atoms with Crippen LogP contribution in [0.5, 0.6) is 23.0 Å². The smallest absolute Gasteiger partial charge is 0.276 e. The number of nitrogens with zero attached hydrogens (tertiary/aromatic N) is 1. The minimum atomic E-state index is -0.521. The van der Waals surface area contributed by atoms with Gasteiger partial charge in [-0.2, -0.15) is 0 Å². The van der Waals surface area contributed by atoms with Gasteiger partial charge in [0.25, 0.3) is 11.6 Å². The van der Waals surface area contributed by atoms with E-state index in [2.05, 4.69) is 12.2 Å². The van der Waals surface area contributed by atoms with Gasteiger partial charge in [-0.15, -0.1) is 0 Å². The van der Waals surface area contributed by atoms with Crippen LogP contribution >= 0.6 is 11.6 Å². The minimum absolute atomic E-state index is 0.0951. The maximum absolute atomic E-state index is 12.5. The Bertz CT molecular complexity index is 1130. The number of carbonyl (C=O) groups excluding carboxylic acids is 1. The molecule has 0 heterocycles. The zero-order valence-corrected chi connectivity index (χ0v) is 19.9. The van der Waals surface area contributed by atoms with Crippen LogP contribution in [0.3, 0.4) is 0 Å². The first-order valence-corrected chi connectivity index (χ1v) is 11.5. The lowest BCUT2D eigenvalue weighted by Crippen LogP contribution is -2.32. The SMILES string of the molecule is CCCCC[C@H](C)NC(=O)c1ccc(Oc2cc(Oc3cccc(Cl)c3)cc([N+](=O)[O-])c2)cc1. The Kier molecular flexibility index (Phi) is 8.87. The molecule has 178 valence electrons. The summed E-state index contributed by atoms with van der Waals surface area (Å²) in [5, 5.41) is 14.9. The van der Waals surface area contributed by atoms with Crippen molar-refractivity contribution in [1.82, 2.24) is 5.32 Å². The van der Waals surface area contributed by atoms with Gasteiger partial charge in [-0.1, -0.05) is 43.9 Å².